The maximum absolute atomic E-state index is 12.1. The monoisotopic (exact) mass is 368 g/mol. The number of aliphatic imine (C=N–C) groups is 1. The second kappa shape index (κ2) is 13.8. The van der Waals surface area contributed by atoms with E-state index in [4.69, 9.17) is 4.74 Å². The van der Waals surface area contributed by atoms with Crippen molar-refractivity contribution in [2.45, 2.75) is 12.2 Å². The highest BCUT2D eigenvalue weighted by molar-refractivity contribution is 7.84. The van der Waals surface area contributed by atoms with Crippen LogP contribution >= 0.6 is 0 Å². The molecule has 0 aromatic heterocycles. The number of nitrogens with one attached hydrogen (secondary N) is 2. The Balaban J connectivity index is 2.14. The van der Waals surface area contributed by atoms with Crippen molar-refractivity contribution in [3.63, 3.8) is 0 Å². The molecule has 0 aliphatic heterocycles. The van der Waals surface area contributed by atoms with Crippen LogP contribution in [0.15, 0.2) is 35.3 Å². The third-order valence-corrected chi connectivity index (χ3v) is 5.01. The molecule has 1 atom stereocenters. The van der Waals surface area contributed by atoms with Crippen LogP contribution in [-0.2, 0) is 21.3 Å². The number of benzene rings is 1. The van der Waals surface area contributed by atoms with Gasteiger partial charge in [-0.1, -0.05) is 30.3 Å². The van der Waals surface area contributed by atoms with Crippen LogP contribution in [0.2, 0.25) is 0 Å². The fourth-order valence-electron chi connectivity index (χ4n) is 2.29. The molecule has 25 heavy (non-hydrogen) atoms. The van der Waals surface area contributed by atoms with Crippen molar-refractivity contribution >= 4 is 16.8 Å². The van der Waals surface area contributed by atoms with Crippen LogP contribution in [-0.4, -0.2) is 74.8 Å². The van der Waals surface area contributed by atoms with Gasteiger partial charge in [0.15, 0.2) is 5.96 Å². The number of hydrogen-bond acceptors (Lipinski definition) is 4. The van der Waals surface area contributed by atoms with Gasteiger partial charge >= 0.3 is 0 Å². The Labute approximate surface area is 154 Å². The zero-order valence-electron chi connectivity index (χ0n) is 15.7. The summed E-state index contributed by atoms with van der Waals surface area (Å²) >= 11 is 0. The molecular weight excluding hydrogens is 336 g/mol. The van der Waals surface area contributed by atoms with E-state index in [2.05, 4.69) is 27.6 Å². The number of methoxy groups -OCH3 is 1. The highest BCUT2D eigenvalue weighted by atomic mass is 32.2. The highest BCUT2D eigenvalue weighted by Gasteiger charge is 2.03. The molecule has 1 rings (SSSR count). The van der Waals surface area contributed by atoms with Crippen molar-refractivity contribution in [3.8, 4) is 0 Å². The van der Waals surface area contributed by atoms with Crippen LogP contribution in [0.5, 0.6) is 0 Å². The van der Waals surface area contributed by atoms with E-state index in [0.717, 1.165) is 44.2 Å². The zero-order chi connectivity index (χ0) is 18.3. The van der Waals surface area contributed by atoms with Crippen molar-refractivity contribution in [2.75, 3.05) is 59.7 Å². The van der Waals surface area contributed by atoms with Gasteiger partial charge in [0.1, 0.15) is 0 Å². The van der Waals surface area contributed by atoms with E-state index in [1.165, 1.54) is 0 Å². The lowest BCUT2D eigenvalue weighted by Crippen LogP contribution is -2.42. The molecule has 2 N–H and O–H groups in total. The second-order valence-corrected chi connectivity index (χ2v) is 7.43. The molecular formula is C18H32N4O2S. The number of hydrogen-bond donors (Lipinski definition) is 2. The maximum atomic E-state index is 12.1. The molecule has 0 spiro atoms. The van der Waals surface area contributed by atoms with E-state index in [-0.39, 0.29) is 0 Å². The van der Waals surface area contributed by atoms with E-state index < -0.39 is 10.8 Å². The molecule has 1 aromatic rings. The number of ether oxygens (including phenoxy) is 1. The molecule has 7 heteroatoms. The lowest BCUT2D eigenvalue weighted by Gasteiger charge is -2.18. The first-order chi connectivity index (χ1) is 12.2. The van der Waals surface area contributed by atoms with Gasteiger partial charge in [-0.25, -0.2) is 0 Å². The van der Waals surface area contributed by atoms with Gasteiger partial charge in [0.2, 0.25) is 0 Å². The van der Waals surface area contributed by atoms with Gasteiger partial charge in [-0.3, -0.25) is 9.20 Å². The van der Waals surface area contributed by atoms with Gasteiger partial charge < -0.3 is 20.3 Å². The third-order valence-electron chi connectivity index (χ3n) is 3.69. The van der Waals surface area contributed by atoms with Crippen molar-refractivity contribution in [3.05, 3.63) is 35.9 Å². The normalized spacial score (nSPS) is 13.0. The first-order valence-corrected chi connectivity index (χ1v) is 10.2. The molecule has 0 fully saturated rings. The first kappa shape index (κ1) is 21.6. The van der Waals surface area contributed by atoms with Crippen LogP contribution < -0.4 is 10.6 Å². The standard InChI is InChI=1S/C18H32N4O2S/c1-19-18(20-10-13-22(2)12-7-14-24-3)21-11-15-25(23)16-17-8-5-4-6-9-17/h4-6,8-9H,7,10-16H2,1-3H3,(H2,19,20,21). The number of nitrogens with zero attached hydrogens (tertiary/aromatic N) is 2. The number of guanidine groups is 1. The van der Waals surface area contributed by atoms with Crippen molar-refractivity contribution in [1.29, 1.82) is 0 Å². The van der Waals surface area contributed by atoms with E-state index in [1.54, 1.807) is 14.2 Å². The van der Waals surface area contributed by atoms with Crippen molar-refractivity contribution in [1.82, 2.24) is 15.5 Å². The van der Waals surface area contributed by atoms with Crippen LogP contribution in [0, 0.1) is 0 Å². The van der Waals surface area contributed by atoms with Crippen LogP contribution in [0.4, 0.5) is 0 Å². The molecule has 0 heterocycles. The topological polar surface area (TPSA) is 66.0 Å². The van der Waals surface area contributed by atoms with Crippen LogP contribution in [0.25, 0.3) is 0 Å². The van der Waals surface area contributed by atoms with Gasteiger partial charge in [-0.05, 0) is 19.0 Å². The van der Waals surface area contributed by atoms with Crippen molar-refractivity contribution < 1.29 is 8.95 Å². The summed E-state index contributed by atoms with van der Waals surface area (Å²) in [6.45, 7) is 4.20. The molecule has 0 bridgehead atoms. The SMILES string of the molecule is CN=C(NCCN(C)CCCOC)NCCS(=O)Cc1ccccc1. The minimum absolute atomic E-state index is 0.598. The predicted octanol–water partition coefficient (Wildman–Crippen LogP) is 1.07. The summed E-state index contributed by atoms with van der Waals surface area (Å²) in [6.07, 6.45) is 1.03. The third kappa shape index (κ3) is 10.9. The molecule has 0 amide bonds. The Bertz CT molecular complexity index is 511. The van der Waals surface area contributed by atoms with Gasteiger partial charge in [0, 0.05) is 69.2 Å². The van der Waals surface area contributed by atoms with Gasteiger partial charge in [0.25, 0.3) is 0 Å². The average Bonchev–Trinajstić information content (AvgIpc) is 2.61. The number of rotatable bonds is 12. The Morgan fingerprint density at radius 1 is 1.20 bits per heavy atom. The predicted molar refractivity (Wildman–Crippen MR) is 107 cm³/mol. The van der Waals surface area contributed by atoms with Gasteiger partial charge in [-0.2, -0.15) is 0 Å². The van der Waals surface area contributed by atoms with Crippen LogP contribution in [0.1, 0.15) is 12.0 Å². The molecule has 1 aromatic carbocycles. The second-order valence-electron chi connectivity index (χ2n) is 5.85. The summed E-state index contributed by atoms with van der Waals surface area (Å²) in [4.78, 5) is 6.46. The Morgan fingerprint density at radius 2 is 1.92 bits per heavy atom. The fraction of sp³-hybridized carbons (Fsp3) is 0.611. The Hall–Kier alpha value is -1.44. The minimum Gasteiger partial charge on any atom is -0.385 e. The molecule has 0 aliphatic carbocycles. The fourth-order valence-corrected chi connectivity index (χ4v) is 3.33. The Kier molecular flexibility index (Phi) is 11.9. The summed E-state index contributed by atoms with van der Waals surface area (Å²) in [5, 5.41) is 6.50. The largest absolute Gasteiger partial charge is 0.385 e. The van der Waals surface area contributed by atoms with E-state index in [1.807, 2.05) is 30.3 Å². The molecule has 0 saturated carbocycles. The average molecular weight is 369 g/mol. The summed E-state index contributed by atoms with van der Waals surface area (Å²) in [5.74, 6) is 1.95. The number of likely N-dealkylation sites (N-methyl/N-ethyl adjacent to an activating group) is 1. The van der Waals surface area contributed by atoms with Crippen molar-refractivity contribution in [2.24, 2.45) is 4.99 Å². The Morgan fingerprint density at radius 3 is 2.60 bits per heavy atom. The smallest absolute Gasteiger partial charge is 0.191 e. The summed E-state index contributed by atoms with van der Waals surface area (Å²) in [6, 6.07) is 9.94. The summed E-state index contributed by atoms with van der Waals surface area (Å²) < 4.78 is 17.2. The van der Waals surface area contributed by atoms with E-state index in [9.17, 15) is 4.21 Å². The zero-order valence-corrected chi connectivity index (χ0v) is 16.5. The first-order valence-electron chi connectivity index (χ1n) is 8.66. The molecule has 1 unspecified atom stereocenters. The quantitative estimate of drug-likeness (QED) is 0.328. The molecule has 0 aliphatic rings. The summed E-state index contributed by atoms with van der Waals surface area (Å²) in [5.41, 5.74) is 1.11. The lowest BCUT2D eigenvalue weighted by molar-refractivity contribution is 0.180. The highest BCUT2D eigenvalue weighted by Crippen LogP contribution is 2.02. The van der Waals surface area contributed by atoms with Gasteiger partial charge in [0.05, 0.1) is 0 Å². The maximum Gasteiger partial charge on any atom is 0.191 e. The van der Waals surface area contributed by atoms with Gasteiger partial charge in [-0.15, -0.1) is 0 Å². The lowest BCUT2D eigenvalue weighted by atomic mass is 10.2. The van der Waals surface area contributed by atoms with E-state index >= 15 is 0 Å². The minimum atomic E-state index is -0.873. The summed E-state index contributed by atoms with van der Waals surface area (Å²) in [7, 11) is 4.70. The molecule has 0 radical (unpaired) electrons. The molecule has 142 valence electrons. The van der Waals surface area contributed by atoms with Crippen LogP contribution in [0.3, 0.4) is 0 Å². The van der Waals surface area contributed by atoms with E-state index in [0.29, 0.717) is 18.1 Å². The molecule has 0 saturated heterocycles. The molecule has 6 nitrogen and oxygen atoms in total.